The molecule has 0 aromatic carbocycles. The van der Waals surface area contributed by atoms with Crippen molar-refractivity contribution in [1.29, 1.82) is 0 Å². The number of hydrogen-bond donors (Lipinski definition) is 2. The van der Waals surface area contributed by atoms with E-state index < -0.39 is 13.9 Å². The molecule has 0 saturated carbocycles. The number of methoxy groups -OCH3 is 1. The van der Waals surface area contributed by atoms with E-state index in [0.717, 1.165) is 0 Å². The summed E-state index contributed by atoms with van der Waals surface area (Å²) in [7, 11) is -3.51. The quantitative estimate of drug-likeness (QED) is 0.295. The molecule has 0 spiro atoms. The molecular formula is C4H11NNa2O6P. The van der Waals surface area contributed by atoms with Gasteiger partial charge in [0.1, 0.15) is 0 Å². The number of ether oxygens (including phenoxy) is 1. The molecule has 10 heteroatoms. The molecule has 0 aliphatic rings. The maximum atomic E-state index is 10.3. The van der Waals surface area contributed by atoms with Crippen LogP contribution in [0.15, 0.2) is 0 Å². The van der Waals surface area contributed by atoms with E-state index in [1.807, 2.05) is 0 Å². The predicted molar refractivity (Wildman–Crippen MR) is 44.1 cm³/mol. The summed E-state index contributed by atoms with van der Waals surface area (Å²) in [6.45, 7) is -0.383. The SMILES string of the molecule is COC(=O)NCCOP(=O)([O-])O.[HH].[Na+].[Na]. The van der Waals surface area contributed by atoms with Crippen molar-refractivity contribution in [3.8, 4) is 0 Å². The Morgan fingerprint density at radius 2 is 2.21 bits per heavy atom. The number of rotatable bonds is 4. The average molecular weight is 246 g/mol. The van der Waals surface area contributed by atoms with Gasteiger partial charge >= 0.3 is 35.7 Å². The summed E-state index contributed by atoms with van der Waals surface area (Å²) < 4.78 is 18.0. The number of hydrogen-bond acceptors (Lipinski definition) is 5. The second kappa shape index (κ2) is 10.9. The zero-order valence-corrected chi connectivity index (χ0v) is 13.2. The summed E-state index contributed by atoms with van der Waals surface area (Å²) in [6.07, 6.45) is -0.697. The van der Waals surface area contributed by atoms with E-state index in [4.69, 9.17) is 4.89 Å². The fourth-order valence-electron chi connectivity index (χ4n) is 0.386. The molecule has 2 N–H and O–H groups in total. The summed E-state index contributed by atoms with van der Waals surface area (Å²) >= 11 is 0. The minimum atomic E-state index is -4.68. The zero-order valence-electron chi connectivity index (χ0n) is 8.35. The molecule has 0 bridgehead atoms. The smallest absolute Gasteiger partial charge is 0.756 e. The first-order valence-electron chi connectivity index (χ1n) is 2.96. The Kier molecular flexibility index (Phi) is 16.1. The van der Waals surface area contributed by atoms with E-state index >= 15 is 0 Å². The van der Waals surface area contributed by atoms with Crippen molar-refractivity contribution in [1.82, 2.24) is 5.32 Å². The number of carbonyl (C=O) groups is 1. The number of nitrogens with one attached hydrogen (secondary N) is 1. The van der Waals surface area contributed by atoms with E-state index in [1.54, 1.807) is 0 Å². The van der Waals surface area contributed by atoms with Crippen LogP contribution in [0.25, 0.3) is 0 Å². The van der Waals surface area contributed by atoms with Gasteiger partial charge in [0.05, 0.1) is 13.7 Å². The molecule has 0 aliphatic heterocycles. The molecule has 1 radical (unpaired) electrons. The standard InChI is InChI=1S/C4H10NO6P.2Na.H2/c1-10-4(6)5-2-3-11-12(7,8)9;;;/h2-3H2,1H3,(H,5,6)(H2,7,8,9);;;1H/q;;+1;/p-1. The second-order valence-electron chi connectivity index (χ2n) is 1.72. The normalized spacial score (nSPS) is 12.8. The fraction of sp³-hybridized carbons (Fsp3) is 0.750. The van der Waals surface area contributed by atoms with Crippen LogP contribution < -0.4 is 39.8 Å². The van der Waals surface area contributed by atoms with Crippen LogP contribution in [0.1, 0.15) is 1.43 Å². The summed E-state index contributed by atoms with van der Waals surface area (Å²) in [4.78, 5) is 28.4. The second-order valence-corrected chi connectivity index (χ2v) is 2.92. The van der Waals surface area contributed by atoms with Crippen LogP contribution in [0.2, 0.25) is 0 Å². The first kappa shape index (κ1) is 20.8. The molecule has 75 valence electrons. The Morgan fingerprint density at radius 1 is 1.71 bits per heavy atom. The summed E-state index contributed by atoms with van der Waals surface area (Å²) in [6, 6.07) is 0. The Hall–Kier alpha value is 1.38. The van der Waals surface area contributed by atoms with Crippen LogP contribution >= 0.6 is 7.82 Å². The van der Waals surface area contributed by atoms with Crippen molar-refractivity contribution in [2.75, 3.05) is 20.3 Å². The third-order valence-corrected chi connectivity index (χ3v) is 1.32. The van der Waals surface area contributed by atoms with Crippen LogP contribution in [0.4, 0.5) is 4.79 Å². The largest absolute Gasteiger partial charge is 1.00 e. The molecule has 7 nitrogen and oxygen atoms in total. The monoisotopic (exact) mass is 246 g/mol. The summed E-state index contributed by atoms with van der Waals surface area (Å²) in [5.41, 5.74) is 0. The van der Waals surface area contributed by atoms with E-state index in [1.165, 1.54) is 7.11 Å². The number of phosphoric ester groups is 1. The summed E-state index contributed by atoms with van der Waals surface area (Å²) in [5.74, 6) is 0. The number of amides is 1. The van der Waals surface area contributed by atoms with Crippen LogP contribution in [0, 0.1) is 0 Å². The van der Waals surface area contributed by atoms with Gasteiger partial charge in [0.15, 0.2) is 0 Å². The van der Waals surface area contributed by atoms with Gasteiger partial charge in [-0.1, -0.05) is 0 Å². The molecule has 0 rings (SSSR count). The van der Waals surface area contributed by atoms with Crippen LogP contribution in [-0.2, 0) is 13.8 Å². The summed E-state index contributed by atoms with van der Waals surface area (Å²) in [5, 5.41) is 2.15. The van der Waals surface area contributed by atoms with E-state index in [0.29, 0.717) is 0 Å². The van der Waals surface area contributed by atoms with Gasteiger partial charge in [-0.25, -0.2) is 4.79 Å². The van der Waals surface area contributed by atoms with Gasteiger partial charge < -0.3 is 24.4 Å². The van der Waals surface area contributed by atoms with Crippen LogP contribution in [0.3, 0.4) is 0 Å². The Bertz CT molecular complexity index is 202. The molecule has 0 fully saturated rings. The van der Waals surface area contributed by atoms with Crippen LogP contribution in [0.5, 0.6) is 0 Å². The minimum Gasteiger partial charge on any atom is -0.756 e. The molecule has 0 saturated heterocycles. The molecular weight excluding hydrogens is 235 g/mol. The first-order chi connectivity index (χ1) is 5.45. The average Bonchev–Trinajstić information content (AvgIpc) is 1.96. The van der Waals surface area contributed by atoms with Gasteiger partial charge in [0.2, 0.25) is 0 Å². The molecule has 1 amide bonds. The molecule has 1 atom stereocenters. The van der Waals surface area contributed by atoms with Gasteiger partial charge in [-0.05, 0) is 0 Å². The van der Waals surface area contributed by atoms with Gasteiger partial charge in [-0.3, -0.25) is 4.57 Å². The topological polar surface area (TPSA) is 108 Å². The predicted octanol–water partition coefficient (Wildman–Crippen LogP) is -4.31. The Labute approximate surface area is 127 Å². The molecule has 0 aliphatic carbocycles. The Morgan fingerprint density at radius 3 is 2.57 bits per heavy atom. The molecule has 0 heterocycles. The third kappa shape index (κ3) is 15.8. The fourth-order valence-corrected chi connectivity index (χ4v) is 0.708. The van der Waals surface area contributed by atoms with Crippen molar-refractivity contribution >= 4 is 43.5 Å². The van der Waals surface area contributed by atoms with Crippen molar-refractivity contribution in [3.05, 3.63) is 0 Å². The van der Waals surface area contributed by atoms with E-state index in [-0.39, 0.29) is 73.7 Å². The minimum absolute atomic E-state index is 0. The molecule has 1 unspecified atom stereocenters. The maximum absolute atomic E-state index is 10.3. The van der Waals surface area contributed by atoms with Crippen LogP contribution in [-0.4, -0.2) is 60.8 Å². The van der Waals surface area contributed by atoms with Gasteiger partial charge in [-0.2, -0.15) is 0 Å². The molecule has 0 aromatic heterocycles. The Balaban J connectivity index is -0.000000202. The number of phosphoric acid groups is 1. The van der Waals surface area contributed by atoms with Crippen molar-refractivity contribution < 1.29 is 59.4 Å². The number of alkyl carbamates (subject to hydrolysis) is 1. The van der Waals surface area contributed by atoms with Gasteiger partial charge in [-0.15, -0.1) is 0 Å². The number of carbonyl (C=O) groups excluding carboxylic acids is 1. The third-order valence-electron chi connectivity index (χ3n) is 0.811. The molecule has 0 aromatic rings. The van der Waals surface area contributed by atoms with Crippen molar-refractivity contribution in [2.45, 2.75) is 0 Å². The van der Waals surface area contributed by atoms with Crippen molar-refractivity contribution in [3.63, 3.8) is 0 Å². The maximum Gasteiger partial charge on any atom is 1.00 e. The van der Waals surface area contributed by atoms with E-state index in [2.05, 4.69) is 14.6 Å². The van der Waals surface area contributed by atoms with E-state index in [9.17, 15) is 14.3 Å². The zero-order chi connectivity index (χ0) is 9.61. The molecule has 14 heavy (non-hydrogen) atoms. The van der Waals surface area contributed by atoms with Gasteiger partial charge in [0.25, 0.3) is 7.82 Å². The van der Waals surface area contributed by atoms with Crippen molar-refractivity contribution in [2.24, 2.45) is 0 Å². The first-order valence-corrected chi connectivity index (χ1v) is 4.45. The van der Waals surface area contributed by atoms with Gasteiger partial charge in [0, 0.05) is 37.5 Å².